The third kappa shape index (κ3) is 2.65. The summed E-state index contributed by atoms with van der Waals surface area (Å²) in [6.07, 6.45) is 3.50. The minimum Gasteiger partial charge on any atom is -0.454 e. The van der Waals surface area contributed by atoms with Gasteiger partial charge in [-0.15, -0.1) is 10.2 Å². The average molecular weight is 238 g/mol. The molecule has 0 saturated heterocycles. The Bertz CT molecular complexity index is 451. The Balaban J connectivity index is 2.00. The highest BCUT2D eigenvalue weighted by molar-refractivity contribution is 7.99. The van der Waals surface area contributed by atoms with E-state index in [-0.39, 0.29) is 0 Å². The van der Waals surface area contributed by atoms with Gasteiger partial charge >= 0.3 is 0 Å². The lowest BCUT2D eigenvalue weighted by Gasteiger charge is -1.96. The zero-order valence-electron chi connectivity index (χ0n) is 9.09. The number of aryl methyl sites for hydroxylation is 2. The molecule has 0 saturated carbocycles. The molecule has 0 spiro atoms. The van der Waals surface area contributed by atoms with E-state index in [9.17, 15) is 0 Å². The fraction of sp³-hybridized carbons (Fsp3) is 0.400. The predicted octanol–water partition coefficient (Wildman–Crippen LogP) is 1.45. The maximum atomic E-state index is 5.64. The Kier molecular flexibility index (Phi) is 3.63. The molecule has 0 amide bonds. The maximum Gasteiger partial charge on any atom is 0.198 e. The number of rotatable bonds is 5. The molecule has 0 fully saturated rings. The molecule has 2 aromatic heterocycles. The second kappa shape index (κ2) is 5.18. The molecule has 0 aliphatic heterocycles. The second-order valence-electron chi connectivity index (χ2n) is 3.44. The summed E-state index contributed by atoms with van der Waals surface area (Å²) in [6, 6.07) is 3.93. The van der Waals surface area contributed by atoms with Crippen molar-refractivity contribution in [1.29, 1.82) is 0 Å². The summed E-state index contributed by atoms with van der Waals surface area (Å²) in [5.74, 6) is 0.968. The molecule has 0 atom stereocenters. The van der Waals surface area contributed by atoms with Crippen LogP contribution in [0.4, 0.5) is 0 Å². The first-order valence-corrected chi connectivity index (χ1v) is 5.92. The molecule has 2 rings (SSSR count). The number of nitrogens with zero attached hydrogens (tertiary/aromatic N) is 3. The van der Waals surface area contributed by atoms with Crippen LogP contribution in [0.15, 0.2) is 33.1 Å². The molecule has 0 unspecified atom stereocenters. The van der Waals surface area contributed by atoms with Gasteiger partial charge < -0.3 is 14.7 Å². The molecule has 0 aromatic carbocycles. The number of hydrogen-bond donors (Lipinski definition) is 1. The number of nitrogens with two attached hydrogens (primary N) is 1. The van der Waals surface area contributed by atoms with Crippen LogP contribution >= 0.6 is 11.8 Å². The minimum atomic E-state index is 0.687. The standard InChI is InChI=1S/C10H14N4OS/c1-14-7-12-13-10(14)16-9-5-4-8(15-9)3-2-6-11/h4-5,7H,2-3,6,11H2,1H3. The maximum absolute atomic E-state index is 5.64. The lowest BCUT2D eigenvalue weighted by Crippen LogP contribution is -1.99. The van der Waals surface area contributed by atoms with E-state index < -0.39 is 0 Å². The van der Waals surface area contributed by atoms with E-state index in [1.54, 1.807) is 6.33 Å². The average Bonchev–Trinajstić information content (AvgIpc) is 2.87. The number of hydrogen-bond acceptors (Lipinski definition) is 5. The first-order chi connectivity index (χ1) is 7.79. The Morgan fingerprint density at radius 3 is 3.06 bits per heavy atom. The molecule has 0 bridgehead atoms. The summed E-state index contributed by atoms with van der Waals surface area (Å²) in [6.45, 7) is 0.687. The van der Waals surface area contributed by atoms with Gasteiger partial charge in [0.05, 0.1) is 0 Å². The van der Waals surface area contributed by atoms with Gasteiger partial charge in [0, 0.05) is 13.5 Å². The van der Waals surface area contributed by atoms with E-state index >= 15 is 0 Å². The number of aromatic nitrogens is 3. The van der Waals surface area contributed by atoms with Crippen molar-refractivity contribution < 1.29 is 4.42 Å². The molecular weight excluding hydrogens is 224 g/mol. The molecule has 0 aliphatic carbocycles. The molecule has 0 aliphatic rings. The fourth-order valence-electron chi connectivity index (χ4n) is 1.28. The van der Waals surface area contributed by atoms with Crippen molar-refractivity contribution in [3.8, 4) is 0 Å². The van der Waals surface area contributed by atoms with E-state index in [4.69, 9.17) is 10.2 Å². The zero-order chi connectivity index (χ0) is 11.4. The summed E-state index contributed by atoms with van der Waals surface area (Å²) in [7, 11) is 1.90. The summed E-state index contributed by atoms with van der Waals surface area (Å²) in [4.78, 5) is 0. The summed E-state index contributed by atoms with van der Waals surface area (Å²) < 4.78 is 7.49. The van der Waals surface area contributed by atoms with Crippen LogP contribution in [0.3, 0.4) is 0 Å². The fourth-order valence-corrected chi connectivity index (χ4v) is 2.02. The summed E-state index contributed by atoms with van der Waals surface area (Å²) >= 11 is 1.47. The SMILES string of the molecule is Cn1cnnc1Sc1ccc(CCCN)o1. The lowest BCUT2D eigenvalue weighted by atomic mass is 10.2. The molecule has 5 nitrogen and oxygen atoms in total. The molecular formula is C10H14N4OS. The van der Waals surface area contributed by atoms with Crippen molar-refractivity contribution >= 4 is 11.8 Å². The van der Waals surface area contributed by atoms with Gasteiger partial charge in [0.1, 0.15) is 12.1 Å². The monoisotopic (exact) mass is 238 g/mol. The van der Waals surface area contributed by atoms with E-state index in [0.29, 0.717) is 6.54 Å². The van der Waals surface area contributed by atoms with E-state index in [1.807, 2.05) is 23.7 Å². The van der Waals surface area contributed by atoms with Crippen LogP contribution in [0.2, 0.25) is 0 Å². The van der Waals surface area contributed by atoms with Crippen LogP contribution in [-0.4, -0.2) is 21.3 Å². The summed E-state index contributed by atoms with van der Waals surface area (Å²) in [5, 5.41) is 9.44. The van der Waals surface area contributed by atoms with Gasteiger partial charge in [-0.3, -0.25) is 0 Å². The van der Waals surface area contributed by atoms with Crippen molar-refractivity contribution in [3.05, 3.63) is 24.2 Å². The predicted molar refractivity (Wildman–Crippen MR) is 61.2 cm³/mol. The van der Waals surface area contributed by atoms with Gasteiger partial charge in [0.2, 0.25) is 0 Å². The van der Waals surface area contributed by atoms with E-state index in [1.165, 1.54) is 11.8 Å². The largest absolute Gasteiger partial charge is 0.454 e. The molecule has 16 heavy (non-hydrogen) atoms. The van der Waals surface area contributed by atoms with Crippen LogP contribution in [0.1, 0.15) is 12.2 Å². The van der Waals surface area contributed by atoms with Crippen LogP contribution in [0.5, 0.6) is 0 Å². The van der Waals surface area contributed by atoms with Gasteiger partial charge in [-0.2, -0.15) is 0 Å². The number of furan rings is 1. The molecule has 2 heterocycles. The highest BCUT2D eigenvalue weighted by atomic mass is 32.2. The molecule has 0 radical (unpaired) electrons. The Morgan fingerprint density at radius 1 is 1.50 bits per heavy atom. The highest BCUT2D eigenvalue weighted by Gasteiger charge is 2.07. The summed E-state index contributed by atoms with van der Waals surface area (Å²) in [5.41, 5.74) is 5.44. The third-order valence-electron chi connectivity index (χ3n) is 2.13. The van der Waals surface area contributed by atoms with Crippen LogP contribution in [0.25, 0.3) is 0 Å². The van der Waals surface area contributed by atoms with Crippen molar-refractivity contribution in [2.45, 2.75) is 23.1 Å². The van der Waals surface area contributed by atoms with E-state index in [2.05, 4.69) is 10.2 Å². The van der Waals surface area contributed by atoms with Gasteiger partial charge in [0.15, 0.2) is 10.2 Å². The Labute approximate surface area is 98.0 Å². The van der Waals surface area contributed by atoms with Crippen LogP contribution in [-0.2, 0) is 13.5 Å². The first-order valence-electron chi connectivity index (χ1n) is 5.10. The van der Waals surface area contributed by atoms with Gasteiger partial charge in [-0.1, -0.05) is 0 Å². The lowest BCUT2D eigenvalue weighted by molar-refractivity contribution is 0.427. The van der Waals surface area contributed by atoms with Gasteiger partial charge in [-0.25, -0.2) is 0 Å². The Morgan fingerprint density at radius 2 is 2.38 bits per heavy atom. The minimum absolute atomic E-state index is 0.687. The molecule has 6 heteroatoms. The van der Waals surface area contributed by atoms with Crippen LogP contribution < -0.4 is 5.73 Å². The van der Waals surface area contributed by atoms with Gasteiger partial charge in [0.25, 0.3) is 0 Å². The zero-order valence-corrected chi connectivity index (χ0v) is 9.91. The van der Waals surface area contributed by atoms with Crippen molar-refractivity contribution in [2.75, 3.05) is 6.54 Å². The highest BCUT2D eigenvalue weighted by Crippen LogP contribution is 2.27. The van der Waals surface area contributed by atoms with Crippen molar-refractivity contribution in [1.82, 2.24) is 14.8 Å². The van der Waals surface area contributed by atoms with Crippen molar-refractivity contribution in [3.63, 3.8) is 0 Å². The molecule has 2 N–H and O–H groups in total. The topological polar surface area (TPSA) is 69.9 Å². The molecule has 86 valence electrons. The normalized spacial score (nSPS) is 10.9. The van der Waals surface area contributed by atoms with Crippen molar-refractivity contribution in [2.24, 2.45) is 12.8 Å². The Hall–Kier alpha value is -1.27. The second-order valence-corrected chi connectivity index (χ2v) is 4.41. The molecule has 2 aromatic rings. The third-order valence-corrected chi connectivity index (χ3v) is 3.10. The van der Waals surface area contributed by atoms with Gasteiger partial charge in [-0.05, 0) is 36.9 Å². The van der Waals surface area contributed by atoms with Crippen LogP contribution in [0, 0.1) is 0 Å². The van der Waals surface area contributed by atoms with E-state index in [0.717, 1.165) is 28.9 Å². The first kappa shape index (κ1) is 11.2. The smallest absolute Gasteiger partial charge is 0.198 e. The quantitative estimate of drug-likeness (QED) is 0.853.